The Labute approximate surface area is 301 Å². The largest absolute Gasteiger partial charge is 0.490 e. The number of aryl methyl sites for hydroxylation is 1. The van der Waals surface area contributed by atoms with E-state index in [-0.39, 0.29) is 28.7 Å². The zero-order valence-electron chi connectivity index (χ0n) is 30.0. The van der Waals surface area contributed by atoms with Gasteiger partial charge < -0.3 is 19.5 Å². The van der Waals surface area contributed by atoms with Crippen molar-refractivity contribution in [3.63, 3.8) is 0 Å². The van der Waals surface area contributed by atoms with Gasteiger partial charge in [0, 0.05) is 29.1 Å². The Hall–Kier alpha value is -3.08. The molecular formula is C39H51ClN2O7S. The number of nitrogens with zero attached hydrogens (tertiary/aromatic N) is 1. The molecule has 0 aromatic heterocycles. The van der Waals surface area contributed by atoms with Gasteiger partial charge in [0.1, 0.15) is 11.4 Å². The van der Waals surface area contributed by atoms with Gasteiger partial charge in [-0.15, -0.1) is 0 Å². The van der Waals surface area contributed by atoms with Crippen LogP contribution in [0.4, 0.5) is 5.69 Å². The van der Waals surface area contributed by atoms with Gasteiger partial charge in [-0.1, -0.05) is 36.7 Å². The van der Waals surface area contributed by atoms with Crippen LogP contribution in [-0.2, 0) is 31.4 Å². The molecule has 1 spiro atoms. The van der Waals surface area contributed by atoms with Crippen molar-refractivity contribution in [2.24, 2.45) is 23.7 Å². The van der Waals surface area contributed by atoms with Gasteiger partial charge in [-0.25, -0.2) is 13.1 Å². The average Bonchev–Trinajstić information content (AvgIpc) is 3.17. The highest BCUT2D eigenvalue weighted by Gasteiger charge is 2.52. The number of hydrogen-bond acceptors (Lipinski definition) is 8. The molecular weight excluding hydrogens is 676 g/mol. The average molecular weight is 727 g/mol. The first-order chi connectivity index (χ1) is 23.4. The molecule has 2 N–H and O–H groups in total. The minimum absolute atomic E-state index is 0.00734. The van der Waals surface area contributed by atoms with Crippen LogP contribution in [0.2, 0.25) is 5.02 Å². The number of carbonyl (C=O) groups is 2. The lowest BCUT2D eigenvalue weighted by molar-refractivity contribution is -0.173. The molecule has 0 radical (unpaired) electrons. The lowest BCUT2D eigenvalue weighted by Gasteiger charge is -2.50. The highest BCUT2D eigenvalue weighted by Crippen LogP contribution is 2.50. The number of amides is 1. The van der Waals surface area contributed by atoms with Crippen molar-refractivity contribution >= 4 is 39.2 Å². The Morgan fingerprint density at radius 3 is 2.62 bits per heavy atom. The molecule has 1 unspecified atom stereocenters. The number of hydrogen-bond donors (Lipinski definition) is 2. The van der Waals surface area contributed by atoms with Gasteiger partial charge in [0.05, 0.1) is 29.1 Å². The monoisotopic (exact) mass is 726 g/mol. The maximum atomic E-state index is 13.5. The van der Waals surface area contributed by atoms with E-state index in [4.69, 9.17) is 21.1 Å². The van der Waals surface area contributed by atoms with Crippen LogP contribution in [0.3, 0.4) is 0 Å². The molecule has 4 aliphatic rings. The second kappa shape index (κ2) is 13.5. The number of ether oxygens (including phenoxy) is 2. The fraction of sp³-hybridized carbons (Fsp3) is 0.590. The van der Waals surface area contributed by atoms with Crippen molar-refractivity contribution in [2.45, 2.75) is 102 Å². The third kappa shape index (κ3) is 7.04. The number of benzene rings is 2. The van der Waals surface area contributed by atoms with Crippen LogP contribution in [0.5, 0.6) is 5.75 Å². The van der Waals surface area contributed by atoms with Gasteiger partial charge in [-0.05, 0) is 132 Å². The summed E-state index contributed by atoms with van der Waals surface area (Å²) in [5.74, 6) is -2.07. The van der Waals surface area contributed by atoms with Gasteiger partial charge in [0.15, 0.2) is 0 Å². The number of sulfonamides is 1. The Kier molecular flexibility index (Phi) is 9.89. The van der Waals surface area contributed by atoms with Crippen molar-refractivity contribution in [1.82, 2.24) is 4.72 Å². The summed E-state index contributed by atoms with van der Waals surface area (Å²) in [7, 11) is -4.05. The fourth-order valence-electron chi connectivity index (χ4n) is 8.35. The number of allylic oxidation sites excluding steroid dienone is 1. The molecule has 0 saturated heterocycles. The summed E-state index contributed by atoms with van der Waals surface area (Å²) < 4.78 is 41.6. The summed E-state index contributed by atoms with van der Waals surface area (Å²) in [5.41, 5.74) is 0.697. The van der Waals surface area contributed by atoms with Crippen LogP contribution in [0.15, 0.2) is 48.6 Å². The topological polar surface area (TPSA) is 122 Å². The molecule has 50 heavy (non-hydrogen) atoms. The minimum Gasteiger partial charge on any atom is -0.490 e. The van der Waals surface area contributed by atoms with Crippen LogP contribution < -0.4 is 14.4 Å². The zero-order valence-corrected chi connectivity index (χ0v) is 31.6. The molecule has 2 heterocycles. The highest BCUT2D eigenvalue weighted by atomic mass is 35.5. The standard InChI is InChI=1S/C39H51ClN2O7S/c1-24-9-7-18-39(45,25(2)36(44)49-37(4,5)6)32-14-11-29(32)21-42-22-38(17-8-10-27-19-30(40)13-15-31(27)38)23-48-34-16-12-28(20-33(34)42)35(43)41-50(46,47)26(24)3/h7,12-13,15-16,18-20,24-26,29,32,45H,8-11,14,17,21-23H2,1-6H3,(H,41,43)/b18-7+/t24-,25+,26+,29-,32+,38-,39?/m0/s1. The molecule has 1 amide bonds. The molecule has 1 saturated carbocycles. The zero-order chi connectivity index (χ0) is 36.2. The molecule has 2 aliphatic carbocycles. The van der Waals surface area contributed by atoms with E-state index in [2.05, 4.69) is 15.7 Å². The molecule has 6 rings (SSSR count). The van der Waals surface area contributed by atoms with E-state index in [1.165, 1.54) is 11.1 Å². The van der Waals surface area contributed by atoms with Gasteiger partial charge in [-0.3, -0.25) is 9.59 Å². The number of anilines is 1. The number of halogens is 1. The van der Waals surface area contributed by atoms with E-state index in [0.29, 0.717) is 49.0 Å². The summed E-state index contributed by atoms with van der Waals surface area (Å²) in [5, 5.41) is 12.4. The first-order valence-electron chi connectivity index (χ1n) is 17.9. The SMILES string of the molecule is C[C@H](C(=O)OC(C)(C)C)C1(O)/C=C/C[C@H](C)[C@@H](C)S(=O)(=O)NC(=O)c2ccc3c(c2)N(C[C@@H]2CC[C@H]21)C[C@@]1(CCCc2cc(Cl)ccc21)CO3. The second-order valence-electron chi connectivity index (χ2n) is 16.2. The first-order valence-corrected chi connectivity index (χ1v) is 19.8. The molecule has 272 valence electrons. The van der Waals surface area contributed by atoms with Crippen LogP contribution in [0.1, 0.15) is 95.1 Å². The second-order valence-corrected chi connectivity index (χ2v) is 18.6. The number of nitrogens with one attached hydrogen (secondary N) is 1. The van der Waals surface area contributed by atoms with Crippen LogP contribution in [-0.4, -0.2) is 61.5 Å². The lowest BCUT2D eigenvalue weighted by atomic mass is 9.60. The Balaban J connectivity index is 1.46. The maximum Gasteiger partial charge on any atom is 0.312 e. The third-order valence-corrected chi connectivity index (χ3v) is 13.8. The molecule has 2 bridgehead atoms. The van der Waals surface area contributed by atoms with Crippen molar-refractivity contribution in [3.05, 3.63) is 70.3 Å². The lowest BCUT2D eigenvalue weighted by Crippen LogP contribution is -2.56. The number of aliphatic hydroxyl groups is 1. The predicted octanol–water partition coefficient (Wildman–Crippen LogP) is 6.59. The summed E-state index contributed by atoms with van der Waals surface area (Å²) in [6, 6.07) is 11.2. The number of fused-ring (bicyclic) bond motifs is 4. The van der Waals surface area contributed by atoms with Crippen LogP contribution in [0.25, 0.3) is 0 Å². The quantitative estimate of drug-likeness (QED) is 0.263. The molecule has 2 aromatic rings. The van der Waals surface area contributed by atoms with Crippen LogP contribution in [0, 0.1) is 23.7 Å². The number of esters is 1. The first kappa shape index (κ1) is 36.7. The van der Waals surface area contributed by atoms with Gasteiger partial charge in [0.2, 0.25) is 10.0 Å². The molecule has 1 fully saturated rings. The number of rotatable bonds is 2. The summed E-state index contributed by atoms with van der Waals surface area (Å²) in [6.45, 7) is 12.1. The highest BCUT2D eigenvalue weighted by molar-refractivity contribution is 7.90. The Morgan fingerprint density at radius 2 is 1.92 bits per heavy atom. The smallest absolute Gasteiger partial charge is 0.312 e. The molecule has 11 heteroatoms. The van der Waals surface area contributed by atoms with Gasteiger partial charge >= 0.3 is 5.97 Å². The molecule has 9 nitrogen and oxygen atoms in total. The van der Waals surface area contributed by atoms with E-state index in [0.717, 1.165) is 25.7 Å². The normalized spacial score (nSPS) is 32.2. The van der Waals surface area contributed by atoms with Crippen molar-refractivity contribution in [3.8, 4) is 5.75 Å². The molecule has 7 atom stereocenters. The van der Waals surface area contributed by atoms with Crippen molar-refractivity contribution < 1.29 is 32.6 Å². The van der Waals surface area contributed by atoms with Gasteiger partial charge in [0.25, 0.3) is 5.91 Å². The summed E-state index contributed by atoms with van der Waals surface area (Å²) in [6.07, 6.45) is 8.17. The van der Waals surface area contributed by atoms with Crippen molar-refractivity contribution in [2.75, 3.05) is 24.6 Å². The Morgan fingerprint density at radius 1 is 1.16 bits per heavy atom. The molecule has 2 aliphatic heterocycles. The van der Waals surface area contributed by atoms with E-state index < -0.39 is 44.3 Å². The van der Waals surface area contributed by atoms with Gasteiger partial charge in [-0.2, -0.15) is 0 Å². The summed E-state index contributed by atoms with van der Waals surface area (Å²) in [4.78, 5) is 29.3. The van der Waals surface area contributed by atoms with E-state index >= 15 is 0 Å². The fourth-order valence-corrected chi connectivity index (χ4v) is 9.83. The third-order valence-electron chi connectivity index (χ3n) is 11.6. The summed E-state index contributed by atoms with van der Waals surface area (Å²) >= 11 is 6.44. The van der Waals surface area contributed by atoms with Crippen molar-refractivity contribution in [1.29, 1.82) is 0 Å². The number of carbonyl (C=O) groups excluding carboxylic acids is 2. The van der Waals surface area contributed by atoms with E-state index in [1.807, 2.05) is 32.9 Å². The Bertz CT molecular complexity index is 1790. The van der Waals surface area contributed by atoms with E-state index in [1.54, 1.807) is 51.1 Å². The predicted molar refractivity (Wildman–Crippen MR) is 195 cm³/mol. The van der Waals surface area contributed by atoms with E-state index in [9.17, 15) is 23.1 Å². The minimum atomic E-state index is -4.05. The maximum absolute atomic E-state index is 13.5. The molecule has 2 aromatic carbocycles. The van der Waals surface area contributed by atoms with Crippen LogP contribution >= 0.6 is 11.6 Å².